The van der Waals surface area contributed by atoms with Gasteiger partial charge < -0.3 is 15.0 Å². The number of benzene rings is 1. The molecule has 0 spiro atoms. The molecule has 2 unspecified atom stereocenters. The van der Waals surface area contributed by atoms with Crippen molar-refractivity contribution in [1.82, 2.24) is 10.2 Å². The highest BCUT2D eigenvalue weighted by Crippen LogP contribution is 2.26. The summed E-state index contributed by atoms with van der Waals surface area (Å²) in [4.78, 5) is 28.1. The summed E-state index contributed by atoms with van der Waals surface area (Å²) in [6.45, 7) is 5.76. The second kappa shape index (κ2) is 6.96. The Labute approximate surface area is 139 Å². The van der Waals surface area contributed by atoms with Crippen LogP contribution >= 0.6 is 0 Å². The van der Waals surface area contributed by atoms with Gasteiger partial charge in [-0.25, -0.2) is 4.79 Å². The Morgan fingerprint density at radius 3 is 2.54 bits per heavy atom. The Kier molecular flexibility index (Phi) is 4.75. The molecule has 8 nitrogen and oxygen atoms in total. The van der Waals surface area contributed by atoms with E-state index < -0.39 is 11.0 Å². The maximum absolute atomic E-state index is 11.8. The van der Waals surface area contributed by atoms with Crippen LogP contribution in [0, 0.1) is 22.0 Å². The highest BCUT2D eigenvalue weighted by Gasteiger charge is 2.36. The molecule has 2 heterocycles. The van der Waals surface area contributed by atoms with Crippen LogP contribution in [0.2, 0.25) is 0 Å². The maximum Gasteiger partial charge on any atom is 0.435 e. The predicted octanol–water partition coefficient (Wildman–Crippen LogP) is 1.80. The number of hydrogen-bond donors (Lipinski definition) is 1. The number of nitro groups is 1. The first kappa shape index (κ1) is 16.4. The van der Waals surface area contributed by atoms with Crippen molar-refractivity contribution in [3.05, 3.63) is 39.9 Å². The SMILES string of the molecule is CC(=NC(=O)OCc1ccc([N+](=O)[O-])cc1)N1CC2CNCC2C1. The van der Waals surface area contributed by atoms with Gasteiger partial charge in [-0.15, -0.1) is 0 Å². The summed E-state index contributed by atoms with van der Waals surface area (Å²) in [6, 6.07) is 5.90. The number of rotatable bonds is 3. The van der Waals surface area contributed by atoms with Crippen molar-refractivity contribution < 1.29 is 14.5 Å². The fourth-order valence-corrected chi connectivity index (χ4v) is 3.21. The molecule has 0 aliphatic carbocycles. The lowest BCUT2D eigenvalue weighted by molar-refractivity contribution is -0.384. The van der Waals surface area contributed by atoms with Crippen LogP contribution in [0.3, 0.4) is 0 Å². The molecular formula is C16H20N4O4. The molecule has 2 atom stereocenters. The molecule has 128 valence electrons. The summed E-state index contributed by atoms with van der Waals surface area (Å²) in [5.74, 6) is 1.94. The molecule has 1 amide bonds. The van der Waals surface area contributed by atoms with E-state index in [1.165, 1.54) is 12.1 Å². The van der Waals surface area contributed by atoms with Gasteiger partial charge in [-0.2, -0.15) is 4.99 Å². The molecule has 0 radical (unpaired) electrons. The lowest BCUT2D eigenvalue weighted by Gasteiger charge is -2.18. The van der Waals surface area contributed by atoms with Crippen LogP contribution < -0.4 is 5.32 Å². The van der Waals surface area contributed by atoms with E-state index in [1.54, 1.807) is 12.1 Å². The molecule has 24 heavy (non-hydrogen) atoms. The number of carbonyl (C=O) groups is 1. The molecule has 3 rings (SSSR count). The number of hydrogen-bond acceptors (Lipinski definition) is 5. The first-order chi connectivity index (χ1) is 11.5. The van der Waals surface area contributed by atoms with Gasteiger partial charge in [-0.05, 0) is 36.5 Å². The highest BCUT2D eigenvalue weighted by molar-refractivity contribution is 5.90. The van der Waals surface area contributed by atoms with Crippen molar-refractivity contribution in [2.45, 2.75) is 13.5 Å². The van der Waals surface area contributed by atoms with Crippen LogP contribution in [0.15, 0.2) is 29.3 Å². The van der Waals surface area contributed by atoms with E-state index in [0.29, 0.717) is 23.2 Å². The number of aliphatic imine (C=N–C) groups is 1. The van der Waals surface area contributed by atoms with E-state index >= 15 is 0 Å². The van der Waals surface area contributed by atoms with Crippen molar-refractivity contribution in [3.63, 3.8) is 0 Å². The lowest BCUT2D eigenvalue weighted by Crippen LogP contribution is -2.30. The maximum atomic E-state index is 11.8. The molecule has 1 aromatic carbocycles. The zero-order valence-electron chi connectivity index (χ0n) is 13.5. The number of ether oxygens (including phenoxy) is 1. The number of fused-ring (bicyclic) bond motifs is 1. The number of non-ortho nitro benzene ring substituents is 1. The Bertz CT molecular complexity index is 647. The number of amides is 1. The highest BCUT2D eigenvalue weighted by atomic mass is 16.6. The first-order valence-corrected chi connectivity index (χ1v) is 7.94. The molecule has 1 N–H and O–H groups in total. The predicted molar refractivity (Wildman–Crippen MR) is 87.8 cm³/mol. The molecule has 0 saturated carbocycles. The smallest absolute Gasteiger partial charge is 0.435 e. The second-order valence-electron chi connectivity index (χ2n) is 6.22. The third kappa shape index (κ3) is 3.70. The van der Waals surface area contributed by atoms with E-state index in [2.05, 4.69) is 15.2 Å². The monoisotopic (exact) mass is 332 g/mol. The van der Waals surface area contributed by atoms with Gasteiger partial charge in [-0.3, -0.25) is 10.1 Å². The average molecular weight is 332 g/mol. The molecule has 2 aliphatic rings. The minimum Gasteiger partial charge on any atom is -0.443 e. The molecule has 2 saturated heterocycles. The fourth-order valence-electron chi connectivity index (χ4n) is 3.21. The first-order valence-electron chi connectivity index (χ1n) is 7.94. The zero-order valence-corrected chi connectivity index (χ0v) is 13.5. The standard InChI is InChI=1S/C16H20N4O4/c1-11(19-8-13-6-17-7-14(13)9-19)18-16(21)24-10-12-2-4-15(5-3-12)20(22)23/h2-5,13-14,17H,6-10H2,1H3. The van der Waals surface area contributed by atoms with Crippen molar-refractivity contribution >= 4 is 17.6 Å². The average Bonchev–Trinajstić information content (AvgIpc) is 3.15. The van der Waals surface area contributed by atoms with Gasteiger partial charge in [0.2, 0.25) is 0 Å². The fraction of sp³-hybridized carbons (Fsp3) is 0.500. The van der Waals surface area contributed by atoms with Gasteiger partial charge >= 0.3 is 6.09 Å². The van der Waals surface area contributed by atoms with E-state index in [9.17, 15) is 14.9 Å². The molecule has 1 aromatic rings. The third-order valence-corrected chi connectivity index (χ3v) is 4.61. The van der Waals surface area contributed by atoms with Crippen molar-refractivity contribution in [2.75, 3.05) is 26.2 Å². The Morgan fingerprint density at radius 2 is 1.96 bits per heavy atom. The topological polar surface area (TPSA) is 97.1 Å². The van der Waals surface area contributed by atoms with Crippen LogP contribution in [0.5, 0.6) is 0 Å². The molecule has 2 fully saturated rings. The van der Waals surface area contributed by atoms with Crippen LogP contribution in [0.4, 0.5) is 10.5 Å². The zero-order chi connectivity index (χ0) is 17.1. The van der Waals surface area contributed by atoms with Gasteiger partial charge in [0.25, 0.3) is 5.69 Å². The van der Waals surface area contributed by atoms with Gasteiger partial charge in [-0.1, -0.05) is 0 Å². The second-order valence-corrected chi connectivity index (χ2v) is 6.22. The number of likely N-dealkylation sites (tertiary alicyclic amines) is 1. The minimum absolute atomic E-state index is 0.00742. The summed E-state index contributed by atoms with van der Waals surface area (Å²) in [5, 5.41) is 14.0. The summed E-state index contributed by atoms with van der Waals surface area (Å²) in [7, 11) is 0. The molecule has 2 aliphatic heterocycles. The minimum atomic E-state index is -0.638. The number of nitrogens with one attached hydrogen (secondary N) is 1. The summed E-state index contributed by atoms with van der Waals surface area (Å²) >= 11 is 0. The number of nitrogens with zero attached hydrogens (tertiary/aromatic N) is 3. The molecule has 0 aromatic heterocycles. The van der Waals surface area contributed by atoms with E-state index in [0.717, 1.165) is 26.2 Å². The molecule has 8 heteroatoms. The Hall–Kier alpha value is -2.48. The number of nitro benzene ring substituents is 1. The van der Waals surface area contributed by atoms with Crippen LogP contribution in [-0.2, 0) is 11.3 Å². The summed E-state index contributed by atoms with van der Waals surface area (Å²) < 4.78 is 5.12. The Morgan fingerprint density at radius 1 is 1.33 bits per heavy atom. The van der Waals surface area contributed by atoms with E-state index in [1.807, 2.05) is 6.92 Å². The molecular weight excluding hydrogens is 312 g/mol. The van der Waals surface area contributed by atoms with Gasteiger partial charge in [0.05, 0.1) is 4.92 Å². The quantitative estimate of drug-likeness (QED) is 0.392. The lowest BCUT2D eigenvalue weighted by atomic mass is 10.0. The normalized spacial score (nSPS) is 23.2. The summed E-state index contributed by atoms with van der Waals surface area (Å²) in [6.07, 6.45) is -0.638. The number of amidine groups is 1. The largest absolute Gasteiger partial charge is 0.443 e. The van der Waals surface area contributed by atoms with Crippen molar-refractivity contribution in [3.8, 4) is 0 Å². The van der Waals surface area contributed by atoms with Crippen molar-refractivity contribution in [1.29, 1.82) is 0 Å². The van der Waals surface area contributed by atoms with Gasteiger partial charge in [0, 0.05) is 38.3 Å². The van der Waals surface area contributed by atoms with E-state index in [4.69, 9.17) is 4.74 Å². The molecule has 0 bridgehead atoms. The van der Waals surface area contributed by atoms with Crippen LogP contribution in [0.1, 0.15) is 12.5 Å². The van der Waals surface area contributed by atoms with Crippen molar-refractivity contribution in [2.24, 2.45) is 16.8 Å². The van der Waals surface area contributed by atoms with E-state index in [-0.39, 0.29) is 12.3 Å². The number of carbonyl (C=O) groups excluding carboxylic acids is 1. The van der Waals surface area contributed by atoms with Crippen LogP contribution in [0.25, 0.3) is 0 Å². The van der Waals surface area contributed by atoms with Gasteiger partial charge in [0.15, 0.2) is 0 Å². The summed E-state index contributed by atoms with van der Waals surface area (Å²) in [5.41, 5.74) is 0.691. The Balaban J connectivity index is 1.50. The third-order valence-electron chi connectivity index (χ3n) is 4.61. The van der Waals surface area contributed by atoms with Crippen LogP contribution in [-0.4, -0.2) is 47.9 Å². The van der Waals surface area contributed by atoms with Gasteiger partial charge in [0.1, 0.15) is 12.4 Å².